The Balaban J connectivity index is 3.03. The number of hydrogen-bond acceptors (Lipinski definition) is 4. The number of esters is 1. The van der Waals surface area contributed by atoms with Crippen LogP contribution in [0, 0.1) is 6.92 Å². The van der Waals surface area contributed by atoms with Gasteiger partial charge in [0.15, 0.2) is 0 Å². The summed E-state index contributed by atoms with van der Waals surface area (Å²) in [5, 5.41) is 3.11. The van der Waals surface area contributed by atoms with Crippen molar-refractivity contribution in [3.05, 3.63) is 23.4 Å². The maximum absolute atomic E-state index is 11.5. The zero-order chi connectivity index (χ0) is 11.3. The number of aromatic nitrogens is 1. The number of hydrogen-bond donors (Lipinski definition) is 1. The summed E-state index contributed by atoms with van der Waals surface area (Å²) in [5.41, 5.74) is 1.39. The number of aryl methyl sites for hydroxylation is 1. The van der Waals surface area contributed by atoms with Gasteiger partial charge in [0.1, 0.15) is 11.4 Å². The first-order chi connectivity index (χ1) is 7.20. The van der Waals surface area contributed by atoms with E-state index >= 15 is 0 Å². The van der Waals surface area contributed by atoms with Gasteiger partial charge in [-0.2, -0.15) is 0 Å². The Morgan fingerprint density at radius 1 is 1.60 bits per heavy atom. The van der Waals surface area contributed by atoms with Crippen LogP contribution >= 0.6 is 0 Å². The van der Waals surface area contributed by atoms with Crippen molar-refractivity contribution in [2.45, 2.75) is 20.3 Å². The number of carbonyl (C=O) groups is 1. The maximum atomic E-state index is 11.5. The molecule has 0 spiro atoms. The molecule has 0 atom stereocenters. The van der Waals surface area contributed by atoms with Gasteiger partial charge >= 0.3 is 5.97 Å². The molecule has 0 amide bonds. The van der Waals surface area contributed by atoms with Crippen LogP contribution in [0.2, 0.25) is 0 Å². The van der Waals surface area contributed by atoms with Gasteiger partial charge in [0, 0.05) is 12.7 Å². The number of ether oxygens (including phenoxy) is 1. The topological polar surface area (TPSA) is 51.2 Å². The molecule has 0 unspecified atom stereocenters. The molecule has 1 aromatic rings. The van der Waals surface area contributed by atoms with E-state index in [-0.39, 0.29) is 5.97 Å². The molecule has 4 heteroatoms. The summed E-state index contributed by atoms with van der Waals surface area (Å²) in [6.45, 7) is 4.71. The van der Waals surface area contributed by atoms with Gasteiger partial charge in [0.2, 0.25) is 0 Å². The maximum Gasteiger partial charge on any atom is 0.341 e. The minimum atomic E-state index is -0.348. The molecule has 0 aromatic carbocycles. The molecule has 0 aliphatic rings. The van der Waals surface area contributed by atoms with Gasteiger partial charge in [-0.1, -0.05) is 6.92 Å². The summed E-state index contributed by atoms with van der Waals surface area (Å²) < 4.78 is 4.72. The van der Waals surface area contributed by atoms with Crippen LogP contribution in [-0.4, -0.2) is 24.6 Å². The molecule has 0 radical (unpaired) electrons. The Morgan fingerprint density at radius 2 is 2.33 bits per heavy atom. The first-order valence-electron chi connectivity index (χ1n) is 4.98. The first kappa shape index (κ1) is 11.5. The van der Waals surface area contributed by atoms with Crippen molar-refractivity contribution in [3.63, 3.8) is 0 Å². The van der Waals surface area contributed by atoms with Crippen molar-refractivity contribution >= 4 is 11.8 Å². The van der Waals surface area contributed by atoms with E-state index in [1.54, 1.807) is 12.3 Å². The second kappa shape index (κ2) is 5.34. The van der Waals surface area contributed by atoms with Gasteiger partial charge in [0.25, 0.3) is 0 Å². The highest BCUT2D eigenvalue weighted by atomic mass is 16.5. The Hall–Kier alpha value is -1.58. The summed E-state index contributed by atoms with van der Waals surface area (Å²) in [7, 11) is 1.37. The van der Waals surface area contributed by atoms with Gasteiger partial charge in [-0.3, -0.25) is 0 Å². The van der Waals surface area contributed by atoms with Crippen LogP contribution in [0.4, 0.5) is 5.82 Å². The minimum Gasteiger partial charge on any atom is -0.465 e. The normalized spacial score (nSPS) is 9.80. The van der Waals surface area contributed by atoms with Crippen LogP contribution < -0.4 is 5.32 Å². The number of pyridine rings is 1. The van der Waals surface area contributed by atoms with Crippen LogP contribution in [0.3, 0.4) is 0 Å². The van der Waals surface area contributed by atoms with Crippen molar-refractivity contribution in [1.29, 1.82) is 0 Å². The number of anilines is 1. The fourth-order valence-corrected chi connectivity index (χ4v) is 1.30. The molecule has 1 N–H and O–H groups in total. The van der Waals surface area contributed by atoms with E-state index in [0.717, 1.165) is 18.5 Å². The molecule has 0 fully saturated rings. The average Bonchev–Trinajstić information content (AvgIpc) is 2.25. The van der Waals surface area contributed by atoms with Crippen LogP contribution in [0.25, 0.3) is 0 Å². The van der Waals surface area contributed by atoms with E-state index in [4.69, 9.17) is 4.74 Å². The molecule has 15 heavy (non-hydrogen) atoms. The molecular formula is C11H16N2O2. The van der Waals surface area contributed by atoms with Crippen molar-refractivity contribution in [2.75, 3.05) is 19.0 Å². The lowest BCUT2D eigenvalue weighted by molar-refractivity contribution is 0.0600. The molecule has 0 aliphatic carbocycles. The van der Waals surface area contributed by atoms with E-state index in [1.165, 1.54) is 7.11 Å². The lowest BCUT2D eigenvalue weighted by Crippen LogP contribution is -2.12. The zero-order valence-corrected chi connectivity index (χ0v) is 9.33. The number of methoxy groups -OCH3 is 1. The summed E-state index contributed by atoms with van der Waals surface area (Å²) in [4.78, 5) is 15.7. The molecule has 82 valence electrons. The third-order valence-electron chi connectivity index (χ3n) is 2.09. The van der Waals surface area contributed by atoms with Crippen LogP contribution in [0.1, 0.15) is 29.3 Å². The molecule has 0 saturated carbocycles. The number of nitrogens with zero attached hydrogens (tertiary/aromatic N) is 1. The second-order valence-electron chi connectivity index (χ2n) is 3.27. The monoisotopic (exact) mass is 208 g/mol. The van der Waals surface area contributed by atoms with Crippen LogP contribution in [0.5, 0.6) is 0 Å². The molecular weight excluding hydrogens is 192 g/mol. The third kappa shape index (κ3) is 2.68. The Kier molecular flexibility index (Phi) is 4.09. The van der Waals surface area contributed by atoms with Crippen molar-refractivity contribution < 1.29 is 9.53 Å². The lowest BCUT2D eigenvalue weighted by atomic mass is 10.1. The fraction of sp³-hybridized carbons (Fsp3) is 0.455. The number of nitrogens with one attached hydrogen (secondary N) is 1. The molecule has 1 aromatic heterocycles. The molecule has 0 aliphatic heterocycles. The van der Waals surface area contributed by atoms with Gasteiger partial charge in [0.05, 0.1) is 7.11 Å². The van der Waals surface area contributed by atoms with Crippen molar-refractivity contribution in [1.82, 2.24) is 4.98 Å². The lowest BCUT2D eigenvalue weighted by Gasteiger charge is -2.10. The second-order valence-corrected chi connectivity index (χ2v) is 3.27. The first-order valence-corrected chi connectivity index (χ1v) is 4.98. The minimum absolute atomic E-state index is 0.348. The Morgan fingerprint density at radius 3 is 2.93 bits per heavy atom. The molecule has 1 heterocycles. The Labute approximate surface area is 89.7 Å². The van der Waals surface area contributed by atoms with Gasteiger partial charge in [-0.05, 0) is 25.0 Å². The van der Waals surface area contributed by atoms with Gasteiger partial charge in [-0.15, -0.1) is 0 Å². The average molecular weight is 208 g/mol. The molecule has 1 rings (SSSR count). The number of rotatable bonds is 4. The van der Waals surface area contributed by atoms with Crippen molar-refractivity contribution in [3.8, 4) is 0 Å². The third-order valence-corrected chi connectivity index (χ3v) is 2.09. The summed E-state index contributed by atoms with van der Waals surface area (Å²) in [5.74, 6) is 0.253. The van der Waals surface area contributed by atoms with Crippen LogP contribution in [-0.2, 0) is 4.74 Å². The van der Waals surface area contributed by atoms with E-state index < -0.39 is 0 Å². The zero-order valence-electron chi connectivity index (χ0n) is 9.33. The predicted molar refractivity (Wildman–Crippen MR) is 59.1 cm³/mol. The van der Waals surface area contributed by atoms with Gasteiger partial charge in [-0.25, -0.2) is 9.78 Å². The van der Waals surface area contributed by atoms with E-state index in [9.17, 15) is 4.79 Å². The van der Waals surface area contributed by atoms with E-state index in [2.05, 4.69) is 17.2 Å². The fourth-order valence-electron chi connectivity index (χ4n) is 1.30. The highest BCUT2D eigenvalue weighted by molar-refractivity contribution is 5.96. The van der Waals surface area contributed by atoms with E-state index in [0.29, 0.717) is 11.4 Å². The van der Waals surface area contributed by atoms with Crippen LogP contribution in [0.15, 0.2) is 12.3 Å². The molecule has 0 bridgehead atoms. The molecule has 0 saturated heterocycles. The predicted octanol–water partition coefficient (Wildman–Crippen LogP) is 2.00. The Bertz CT molecular complexity index is 350. The van der Waals surface area contributed by atoms with Gasteiger partial charge < -0.3 is 10.1 Å². The molecule has 4 nitrogen and oxygen atoms in total. The number of carbonyl (C=O) groups excluding carboxylic acids is 1. The van der Waals surface area contributed by atoms with E-state index in [1.807, 2.05) is 6.92 Å². The summed E-state index contributed by atoms with van der Waals surface area (Å²) in [6, 6.07) is 1.80. The highest BCUT2D eigenvalue weighted by Crippen LogP contribution is 2.17. The quantitative estimate of drug-likeness (QED) is 0.769. The summed E-state index contributed by atoms with van der Waals surface area (Å²) >= 11 is 0. The smallest absolute Gasteiger partial charge is 0.341 e. The largest absolute Gasteiger partial charge is 0.465 e. The SMILES string of the molecule is CCCNc1nccc(C)c1C(=O)OC. The standard InChI is InChI=1S/C11H16N2O2/c1-4-6-12-10-9(11(14)15-3)8(2)5-7-13-10/h5,7H,4,6H2,1-3H3,(H,12,13). The highest BCUT2D eigenvalue weighted by Gasteiger charge is 2.15. The van der Waals surface area contributed by atoms with Crippen molar-refractivity contribution in [2.24, 2.45) is 0 Å². The summed E-state index contributed by atoms with van der Waals surface area (Å²) in [6.07, 6.45) is 2.66.